The Labute approximate surface area is 160 Å². The maximum atomic E-state index is 12.3. The van der Waals surface area contributed by atoms with Gasteiger partial charge in [0, 0.05) is 42.7 Å². The Morgan fingerprint density at radius 1 is 1.12 bits per heavy atom. The number of carbonyl (C=O) groups is 1. The van der Waals surface area contributed by atoms with Gasteiger partial charge in [-0.05, 0) is 55.1 Å². The van der Waals surface area contributed by atoms with Crippen LogP contribution >= 0.6 is 11.6 Å². The first-order valence-corrected chi connectivity index (χ1v) is 9.75. The van der Waals surface area contributed by atoms with Crippen molar-refractivity contribution in [2.45, 2.75) is 32.7 Å². The van der Waals surface area contributed by atoms with Gasteiger partial charge >= 0.3 is 0 Å². The van der Waals surface area contributed by atoms with Crippen LogP contribution in [0.25, 0.3) is 0 Å². The summed E-state index contributed by atoms with van der Waals surface area (Å²) in [6.45, 7) is 5.61. The van der Waals surface area contributed by atoms with Crippen LogP contribution in [0.3, 0.4) is 0 Å². The summed E-state index contributed by atoms with van der Waals surface area (Å²) in [4.78, 5) is 16.8. The summed E-state index contributed by atoms with van der Waals surface area (Å²) in [5.74, 6) is 0.145. The minimum Gasteiger partial charge on any atom is -0.312 e. The van der Waals surface area contributed by atoms with Gasteiger partial charge in [-0.1, -0.05) is 41.9 Å². The number of likely N-dealkylation sites (tertiary alicyclic amines) is 1. The lowest BCUT2D eigenvalue weighted by Gasteiger charge is -2.49. The minimum atomic E-state index is 0.145. The molecule has 4 heteroatoms. The van der Waals surface area contributed by atoms with Crippen molar-refractivity contribution in [2.24, 2.45) is 5.41 Å². The number of carbonyl (C=O) groups excluding carboxylic acids is 1. The third kappa shape index (κ3) is 3.51. The number of para-hydroxylation sites is 1. The number of halogens is 1. The Kier molecular flexibility index (Phi) is 4.76. The summed E-state index contributed by atoms with van der Waals surface area (Å²) >= 11 is 6.01. The predicted octanol–water partition coefficient (Wildman–Crippen LogP) is 4.53. The molecule has 0 radical (unpaired) electrons. The number of hydrogen-bond acceptors (Lipinski definition) is 2. The van der Waals surface area contributed by atoms with Crippen LogP contribution in [-0.2, 0) is 17.8 Å². The third-order valence-electron chi connectivity index (χ3n) is 5.78. The fourth-order valence-electron chi connectivity index (χ4n) is 4.65. The van der Waals surface area contributed by atoms with Crippen molar-refractivity contribution >= 4 is 23.2 Å². The van der Waals surface area contributed by atoms with Gasteiger partial charge in [0.05, 0.1) is 0 Å². The number of rotatable bonds is 2. The van der Waals surface area contributed by atoms with Crippen molar-refractivity contribution in [2.75, 3.05) is 24.5 Å². The lowest BCUT2D eigenvalue weighted by Crippen LogP contribution is -2.53. The van der Waals surface area contributed by atoms with Crippen molar-refractivity contribution in [3.05, 3.63) is 64.7 Å². The first-order chi connectivity index (χ1) is 12.5. The molecule has 2 aromatic carbocycles. The van der Waals surface area contributed by atoms with E-state index in [1.54, 1.807) is 6.92 Å². The van der Waals surface area contributed by atoms with Crippen LogP contribution in [0, 0.1) is 5.41 Å². The van der Waals surface area contributed by atoms with Crippen LogP contribution in [0.4, 0.5) is 5.69 Å². The van der Waals surface area contributed by atoms with Gasteiger partial charge in [-0.25, -0.2) is 0 Å². The molecule has 1 spiro atoms. The molecule has 2 heterocycles. The number of benzene rings is 2. The second-order valence-corrected chi connectivity index (χ2v) is 8.29. The molecule has 136 valence electrons. The lowest BCUT2D eigenvalue weighted by atomic mass is 9.72. The molecule has 1 fully saturated rings. The van der Waals surface area contributed by atoms with Gasteiger partial charge in [0.1, 0.15) is 0 Å². The molecule has 26 heavy (non-hydrogen) atoms. The molecule has 2 aliphatic rings. The maximum Gasteiger partial charge on any atom is 0.223 e. The molecule has 1 amide bonds. The fourth-order valence-corrected chi connectivity index (χ4v) is 4.78. The molecular weight excluding hydrogens is 344 g/mol. The van der Waals surface area contributed by atoms with E-state index in [0.717, 1.165) is 43.3 Å². The number of anilines is 1. The summed E-state index contributed by atoms with van der Waals surface area (Å²) in [6.07, 6.45) is 3.42. The van der Waals surface area contributed by atoms with Crippen LogP contribution in [0.2, 0.25) is 5.02 Å². The summed E-state index contributed by atoms with van der Waals surface area (Å²) in [6, 6.07) is 16.5. The zero-order chi connectivity index (χ0) is 18.1. The normalized spacial score (nSPS) is 23.1. The Bertz CT molecular complexity index is 804. The van der Waals surface area contributed by atoms with Crippen molar-refractivity contribution in [3.63, 3.8) is 0 Å². The first-order valence-electron chi connectivity index (χ1n) is 9.38. The zero-order valence-corrected chi connectivity index (χ0v) is 16.0. The number of amides is 1. The van der Waals surface area contributed by atoms with Crippen LogP contribution in [0.5, 0.6) is 0 Å². The van der Waals surface area contributed by atoms with Crippen LogP contribution in [0.1, 0.15) is 30.9 Å². The van der Waals surface area contributed by atoms with Crippen LogP contribution in [0.15, 0.2) is 48.5 Å². The molecule has 0 N–H and O–H groups in total. The number of hydrogen-bond donors (Lipinski definition) is 0. The second-order valence-electron chi connectivity index (χ2n) is 7.85. The highest BCUT2D eigenvalue weighted by Crippen LogP contribution is 2.42. The van der Waals surface area contributed by atoms with E-state index in [-0.39, 0.29) is 11.3 Å². The second kappa shape index (κ2) is 7.05. The van der Waals surface area contributed by atoms with E-state index in [1.807, 2.05) is 23.1 Å². The van der Waals surface area contributed by atoms with Gasteiger partial charge in [-0.15, -0.1) is 0 Å². The van der Waals surface area contributed by atoms with E-state index in [9.17, 15) is 4.79 Å². The highest BCUT2D eigenvalue weighted by molar-refractivity contribution is 6.30. The van der Waals surface area contributed by atoms with E-state index in [1.165, 1.54) is 24.0 Å². The molecule has 2 aromatic rings. The Balaban J connectivity index is 1.56. The summed E-state index contributed by atoms with van der Waals surface area (Å²) < 4.78 is 0. The highest BCUT2D eigenvalue weighted by Gasteiger charge is 2.41. The Morgan fingerprint density at radius 2 is 1.88 bits per heavy atom. The van der Waals surface area contributed by atoms with E-state index >= 15 is 0 Å². The fraction of sp³-hybridized carbons (Fsp3) is 0.409. The average molecular weight is 369 g/mol. The molecule has 0 saturated carbocycles. The average Bonchev–Trinajstić information content (AvgIpc) is 2.63. The van der Waals surface area contributed by atoms with Gasteiger partial charge in [-0.2, -0.15) is 0 Å². The molecule has 4 rings (SSSR count). The third-order valence-corrected chi connectivity index (χ3v) is 6.03. The smallest absolute Gasteiger partial charge is 0.223 e. The number of piperidine rings is 1. The van der Waals surface area contributed by atoms with Gasteiger partial charge in [-0.3, -0.25) is 9.69 Å². The van der Waals surface area contributed by atoms with Crippen molar-refractivity contribution in [1.82, 2.24) is 4.90 Å². The molecular formula is C22H25ClN2O. The molecule has 3 nitrogen and oxygen atoms in total. The summed E-state index contributed by atoms with van der Waals surface area (Å²) in [5, 5.41) is 0.782. The van der Waals surface area contributed by atoms with Gasteiger partial charge < -0.3 is 4.90 Å². The monoisotopic (exact) mass is 368 g/mol. The van der Waals surface area contributed by atoms with E-state index in [4.69, 9.17) is 11.6 Å². The van der Waals surface area contributed by atoms with Crippen molar-refractivity contribution in [1.29, 1.82) is 0 Å². The van der Waals surface area contributed by atoms with E-state index in [2.05, 4.69) is 35.2 Å². The molecule has 1 unspecified atom stereocenters. The van der Waals surface area contributed by atoms with Crippen molar-refractivity contribution < 1.29 is 4.79 Å². The zero-order valence-electron chi connectivity index (χ0n) is 15.2. The van der Waals surface area contributed by atoms with Gasteiger partial charge in [0.25, 0.3) is 0 Å². The highest BCUT2D eigenvalue weighted by atomic mass is 35.5. The quantitative estimate of drug-likeness (QED) is 0.777. The SMILES string of the molecule is CC(=O)N1CC2(CCCN(Cc3ccc(Cl)cc3)C2)Cc2ccccc21. The van der Waals surface area contributed by atoms with Crippen LogP contribution < -0.4 is 4.90 Å². The largest absolute Gasteiger partial charge is 0.312 e. The number of nitrogens with zero attached hydrogens (tertiary/aromatic N) is 2. The predicted molar refractivity (Wildman–Crippen MR) is 107 cm³/mol. The van der Waals surface area contributed by atoms with Crippen LogP contribution in [-0.4, -0.2) is 30.4 Å². The molecule has 0 aromatic heterocycles. The molecule has 0 aliphatic carbocycles. The van der Waals surface area contributed by atoms with Gasteiger partial charge in [0.2, 0.25) is 5.91 Å². The van der Waals surface area contributed by atoms with E-state index in [0.29, 0.717) is 0 Å². The molecule has 2 aliphatic heterocycles. The molecule has 1 saturated heterocycles. The standard InChI is InChI=1S/C22H25ClN2O/c1-17(26)25-16-22(13-19-5-2-3-6-21(19)25)11-4-12-24(15-22)14-18-7-9-20(23)10-8-18/h2-3,5-10H,4,11-16H2,1H3. The van der Waals surface area contributed by atoms with E-state index < -0.39 is 0 Å². The maximum absolute atomic E-state index is 12.3. The first kappa shape index (κ1) is 17.6. The Hall–Kier alpha value is -1.84. The molecule has 0 bridgehead atoms. The molecule has 1 atom stereocenters. The Morgan fingerprint density at radius 3 is 2.65 bits per heavy atom. The lowest BCUT2D eigenvalue weighted by molar-refractivity contribution is -0.117. The number of fused-ring (bicyclic) bond motifs is 1. The summed E-state index contributed by atoms with van der Waals surface area (Å²) in [5.41, 5.74) is 3.86. The minimum absolute atomic E-state index is 0.145. The topological polar surface area (TPSA) is 23.6 Å². The van der Waals surface area contributed by atoms with Gasteiger partial charge in [0.15, 0.2) is 0 Å². The summed E-state index contributed by atoms with van der Waals surface area (Å²) in [7, 11) is 0. The van der Waals surface area contributed by atoms with Crippen molar-refractivity contribution in [3.8, 4) is 0 Å².